The maximum absolute atomic E-state index is 12.2. The van der Waals surface area contributed by atoms with Crippen molar-refractivity contribution < 1.29 is 14.3 Å². The highest BCUT2D eigenvalue weighted by Crippen LogP contribution is 2.33. The molecule has 2 heterocycles. The van der Waals surface area contributed by atoms with Gasteiger partial charge in [-0.2, -0.15) is 0 Å². The summed E-state index contributed by atoms with van der Waals surface area (Å²) in [6.07, 6.45) is 7.51. The topological polar surface area (TPSA) is 65.7 Å². The minimum Gasteiger partial charge on any atom is -0.459 e. The molecule has 0 bridgehead atoms. The van der Waals surface area contributed by atoms with Gasteiger partial charge in [-0.25, -0.2) is 0 Å². The Morgan fingerprint density at radius 2 is 2.00 bits per heavy atom. The number of piperidine rings is 1. The van der Waals surface area contributed by atoms with Crippen LogP contribution in [0.15, 0.2) is 16.7 Å². The number of aliphatic hydroxyl groups is 1. The average molecular weight is 334 g/mol. The summed E-state index contributed by atoms with van der Waals surface area (Å²) in [5.74, 6) is 1.05. The molecule has 0 spiro atoms. The van der Waals surface area contributed by atoms with Gasteiger partial charge >= 0.3 is 0 Å². The Kier molecular flexibility index (Phi) is 5.30. The van der Waals surface area contributed by atoms with E-state index in [2.05, 4.69) is 17.1 Å². The molecule has 2 N–H and O–H groups in total. The first-order chi connectivity index (χ1) is 11.5. The molecule has 0 aromatic carbocycles. The van der Waals surface area contributed by atoms with E-state index < -0.39 is 5.60 Å². The third-order valence-electron chi connectivity index (χ3n) is 5.71. The minimum absolute atomic E-state index is 0.115. The van der Waals surface area contributed by atoms with E-state index in [1.165, 1.54) is 0 Å². The number of β-amino-alcohol motifs (C(OH)–C–C–N with tert-alkyl or cyclic N) is 1. The molecule has 1 aliphatic carbocycles. The van der Waals surface area contributed by atoms with Gasteiger partial charge in [0.15, 0.2) is 5.76 Å². The molecule has 0 atom stereocenters. The molecule has 5 nitrogen and oxygen atoms in total. The normalized spacial score (nSPS) is 29.5. The second kappa shape index (κ2) is 7.28. The Hall–Kier alpha value is -1.33. The molecule has 3 rings (SSSR count). The Balaban J connectivity index is 1.44. The zero-order valence-electron chi connectivity index (χ0n) is 14.9. The summed E-state index contributed by atoms with van der Waals surface area (Å²) in [5, 5.41) is 13.9. The SMILES string of the molecule is Cc1ccoc1C(=O)NC1CCN(CC2(O)CCC(C)CC2)CC1. The van der Waals surface area contributed by atoms with Crippen LogP contribution in [0.3, 0.4) is 0 Å². The monoisotopic (exact) mass is 334 g/mol. The quantitative estimate of drug-likeness (QED) is 0.888. The number of hydrogen-bond acceptors (Lipinski definition) is 4. The lowest BCUT2D eigenvalue weighted by Crippen LogP contribution is -2.50. The smallest absolute Gasteiger partial charge is 0.287 e. The van der Waals surface area contributed by atoms with Gasteiger partial charge in [-0.3, -0.25) is 4.79 Å². The van der Waals surface area contributed by atoms with Crippen LogP contribution in [0.1, 0.15) is 61.6 Å². The molecular formula is C19H30N2O3. The van der Waals surface area contributed by atoms with Crippen molar-refractivity contribution in [3.05, 3.63) is 23.7 Å². The van der Waals surface area contributed by atoms with Gasteiger partial charge in [-0.15, -0.1) is 0 Å². The van der Waals surface area contributed by atoms with Crippen molar-refractivity contribution in [2.75, 3.05) is 19.6 Å². The zero-order chi connectivity index (χ0) is 17.2. The van der Waals surface area contributed by atoms with Crippen molar-refractivity contribution in [3.8, 4) is 0 Å². The maximum atomic E-state index is 12.2. The summed E-state index contributed by atoms with van der Waals surface area (Å²) >= 11 is 0. The predicted octanol–water partition coefficient (Wildman–Crippen LogP) is 2.72. The molecule has 1 amide bonds. The van der Waals surface area contributed by atoms with Crippen molar-refractivity contribution in [3.63, 3.8) is 0 Å². The van der Waals surface area contributed by atoms with Crippen LogP contribution in [0.5, 0.6) is 0 Å². The Bertz CT molecular complexity index is 553. The number of furan rings is 1. The first-order valence-corrected chi connectivity index (χ1v) is 9.25. The molecule has 5 heteroatoms. The molecule has 1 saturated heterocycles. The lowest BCUT2D eigenvalue weighted by atomic mass is 9.79. The van der Waals surface area contributed by atoms with Gasteiger partial charge in [-0.1, -0.05) is 6.92 Å². The zero-order valence-corrected chi connectivity index (χ0v) is 14.9. The minimum atomic E-state index is -0.506. The Labute approximate surface area is 144 Å². The van der Waals surface area contributed by atoms with Crippen molar-refractivity contribution in [1.82, 2.24) is 10.2 Å². The molecule has 0 radical (unpaired) electrons. The first-order valence-electron chi connectivity index (χ1n) is 9.25. The second-order valence-electron chi connectivity index (χ2n) is 7.86. The lowest BCUT2D eigenvalue weighted by Gasteiger charge is -2.41. The summed E-state index contributed by atoms with van der Waals surface area (Å²) in [6.45, 7) is 6.79. The van der Waals surface area contributed by atoms with Crippen molar-refractivity contribution in [2.24, 2.45) is 5.92 Å². The van der Waals surface area contributed by atoms with Gasteiger partial charge in [0.25, 0.3) is 5.91 Å². The van der Waals surface area contributed by atoms with E-state index in [-0.39, 0.29) is 11.9 Å². The van der Waals surface area contributed by atoms with Gasteiger partial charge in [0, 0.05) is 31.2 Å². The molecule has 24 heavy (non-hydrogen) atoms. The number of rotatable bonds is 4. The Morgan fingerprint density at radius 3 is 2.58 bits per heavy atom. The number of hydrogen-bond donors (Lipinski definition) is 2. The lowest BCUT2D eigenvalue weighted by molar-refractivity contribution is -0.0395. The van der Waals surface area contributed by atoms with Crippen LogP contribution in [-0.2, 0) is 0 Å². The van der Waals surface area contributed by atoms with Crippen LogP contribution in [-0.4, -0.2) is 47.2 Å². The van der Waals surface area contributed by atoms with E-state index in [1.807, 2.05) is 13.0 Å². The average Bonchev–Trinajstić information content (AvgIpc) is 2.99. The number of aryl methyl sites for hydroxylation is 1. The van der Waals surface area contributed by atoms with Crippen molar-refractivity contribution in [1.29, 1.82) is 0 Å². The van der Waals surface area contributed by atoms with E-state index in [1.54, 1.807) is 6.26 Å². The van der Waals surface area contributed by atoms with Crippen molar-refractivity contribution >= 4 is 5.91 Å². The third-order valence-corrected chi connectivity index (χ3v) is 5.71. The van der Waals surface area contributed by atoms with Crippen LogP contribution >= 0.6 is 0 Å². The fourth-order valence-corrected chi connectivity index (χ4v) is 3.97. The first kappa shape index (κ1) is 17.5. The molecular weight excluding hydrogens is 304 g/mol. The van der Waals surface area contributed by atoms with E-state index in [4.69, 9.17) is 4.42 Å². The Morgan fingerprint density at radius 1 is 1.33 bits per heavy atom. The van der Waals surface area contributed by atoms with Gasteiger partial charge in [0.05, 0.1) is 11.9 Å². The fraction of sp³-hybridized carbons (Fsp3) is 0.737. The summed E-state index contributed by atoms with van der Waals surface area (Å²) in [4.78, 5) is 14.6. The number of nitrogens with one attached hydrogen (secondary N) is 1. The van der Waals surface area contributed by atoms with E-state index in [0.29, 0.717) is 5.76 Å². The van der Waals surface area contributed by atoms with Crippen LogP contribution < -0.4 is 5.32 Å². The summed E-state index contributed by atoms with van der Waals surface area (Å²) < 4.78 is 5.26. The highest BCUT2D eigenvalue weighted by atomic mass is 16.3. The second-order valence-corrected chi connectivity index (χ2v) is 7.86. The number of likely N-dealkylation sites (tertiary alicyclic amines) is 1. The molecule has 1 aromatic rings. The molecule has 134 valence electrons. The summed E-state index contributed by atoms with van der Waals surface area (Å²) in [5.41, 5.74) is 0.368. The van der Waals surface area contributed by atoms with Gasteiger partial charge in [-0.05, 0) is 57.4 Å². The summed E-state index contributed by atoms with van der Waals surface area (Å²) in [6, 6.07) is 2.00. The largest absolute Gasteiger partial charge is 0.459 e. The fourth-order valence-electron chi connectivity index (χ4n) is 3.97. The number of carbonyl (C=O) groups is 1. The highest BCUT2D eigenvalue weighted by Gasteiger charge is 2.34. The van der Waals surface area contributed by atoms with E-state index >= 15 is 0 Å². The molecule has 2 aliphatic rings. The standard InChI is InChI=1S/C19H30N2O3/c1-14-3-8-19(23,9-4-14)13-21-10-5-16(6-11-21)20-18(22)17-15(2)7-12-24-17/h7,12,14,16,23H,3-6,8-11,13H2,1-2H3,(H,20,22). The highest BCUT2D eigenvalue weighted by molar-refractivity contribution is 5.92. The maximum Gasteiger partial charge on any atom is 0.287 e. The number of nitrogens with zero attached hydrogens (tertiary/aromatic N) is 1. The number of carbonyl (C=O) groups excluding carboxylic acids is 1. The van der Waals surface area contributed by atoms with Gasteiger partial charge in [0.2, 0.25) is 0 Å². The van der Waals surface area contributed by atoms with Crippen molar-refractivity contribution in [2.45, 2.75) is 64.0 Å². The van der Waals surface area contributed by atoms with Crippen LogP contribution in [0, 0.1) is 12.8 Å². The third kappa shape index (κ3) is 4.19. The summed E-state index contributed by atoms with van der Waals surface area (Å²) in [7, 11) is 0. The van der Waals surface area contributed by atoms with E-state index in [9.17, 15) is 9.90 Å². The molecule has 1 aromatic heterocycles. The van der Waals surface area contributed by atoms with Gasteiger partial charge < -0.3 is 19.7 Å². The van der Waals surface area contributed by atoms with Gasteiger partial charge in [0.1, 0.15) is 0 Å². The number of amides is 1. The molecule has 1 saturated carbocycles. The predicted molar refractivity (Wildman–Crippen MR) is 93.0 cm³/mol. The molecule has 2 fully saturated rings. The van der Waals surface area contributed by atoms with Crippen LogP contribution in [0.25, 0.3) is 0 Å². The van der Waals surface area contributed by atoms with E-state index in [0.717, 1.165) is 69.6 Å². The van der Waals surface area contributed by atoms with Crippen LogP contribution in [0.4, 0.5) is 0 Å². The molecule has 1 aliphatic heterocycles. The van der Waals surface area contributed by atoms with Crippen LogP contribution in [0.2, 0.25) is 0 Å². The molecule has 0 unspecified atom stereocenters.